The molecule has 0 radical (unpaired) electrons. The number of hydrogen-bond donors (Lipinski definition) is 0. The van der Waals surface area contributed by atoms with Crippen LogP contribution in [0.25, 0.3) is 10.4 Å². The molecule has 0 aliphatic heterocycles. The van der Waals surface area contributed by atoms with E-state index < -0.39 is 25.5 Å². The van der Waals surface area contributed by atoms with Crippen LogP contribution in [0, 0.1) is 10.1 Å². The van der Waals surface area contributed by atoms with Gasteiger partial charge in [-0.05, 0) is 17.7 Å². The Kier molecular flexibility index (Phi) is 3.33. The van der Waals surface area contributed by atoms with Crippen LogP contribution in [0.3, 0.4) is 0 Å². The molecule has 0 spiro atoms. The number of nitro groups is 1. The van der Waals surface area contributed by atoms with E-state index in [0.29, 0.717) is 0 Å². The van der Waals surface area contributed by atoms with Crippen molar-refractivity contribution in [3.63, 3.8) is 0 Å². The van der Waals surface area contributed by atoms with Gasteiger partial charge in [0.1, 0.15) is 0 Å². The summed E-state index contributed by atoms with van der Waals surface area (Å²) >= 11 is 5.49. The molecule has 84 valence electrons. The predicted molar refractivity (Wildman–Crippen MR) is 54.4 cm³/mol. The molecule has 0 amide bonds. The van der Waals surface area contributed by atoms with E-state index in [4.69, 9.17) is 17.1 Å². The van der Waals surface area contributed by atoms with Crippen LogP contribution in [0.5, 0.6) is 0 Å². The molecule has 0 N–H and O–H groups in total. The van der Waals surface area contributed by atoms with Crippen molar-refractivity contribution in [1.29, 1.82) is 0 Å². The SMILES string of the molecule is [N-]=[N+]=NS(=O)(=O)c1ccc(Cl)cc1[N+](=O)[O-]. The van der Waals surface area contributed by atoms with Crippen molar-refractivity contribution in [3.8, 4) is 0 Å². The lowest BCUT2D eigenvalue weighted by molar-refractivity contribution is -0.387. The van der Waals surface area contributed by atoms with Crippen LogP contribution in [-0.4, -0.2) is 13.3 Å². The summed E-state index contributed by atoms with van der Waals surface area (Å²) < 4.78 is 25.1. The third kappa shape index (κ3) is 2.40. The minimum Gasteiger partial charge on any atom is -0.258 e. The third-order valence-electron chi connectivity index (χ3n) is 1.54. The Morgan fingerprint density at radius 3 is 2.62 bits per heavy atom. The number of hydrogen-bond acceptors (Lipinski definition) is 4. The number of azide groups is 1. The molecule has 1 aromatic rings. The molecule has 10 heteroatoms. The Hall–Kier alpha value is -1.83. The highest BCUT2D eigenvalue weighted by Crippen LogP contribution is 2.28. The van der Waals surface area contributed by atoms with E-state index >= 15 is 0 Å². The highest BCUT2D eigenvalue weighted by molar-refractivity contribution is 7.90. The average Bonchev–Trinajstić information content (AvgIpc) is 2.16. The van der Waals surface area contributed by atoms with E-state index in [1.54, 1.807) is 0 Å². The van der Waals surface area contributed by atoms with E-state index in [1.165, 1.54) is 0 Å². The summed E-state index contributed by atoms with van der Waals surface area (Å²) in [4.78, 5) is 11.0. The molecule has 1 rings (SSSR count). The Balaban J connectivity index is 3.58. The van der Waals surface area contributed by atoms with Crippen LogP contribution in [0.4, 0.5) is 5.69 Å². The van der Waals surface area contributed by atoms with Gasteiger partial charge in [-0.3, -0.25) is 10.1 Å². The van der Waals surface area contributed by atoms with Gasteiger partial charge in [-0.2, -0.15) is 0 Å². The van der Waals surface area contributed by atoms with Crippen molar-refractivity contribution in [1.82, 2.24) is 0 Å². The Labute approximate surface area is 94.3 Å². The molecule has 1 aromatic carbocycles. The van der Waals surface area contributed by atoms with E-state index in [1.807, 2.05) is 0 Å². The highest BCUT2D eigenvalue weighted by atomic mass is 35.5. The van der Waals surface area contributed by atoms with Crippen LogP contribution in [-0.2, 0) is 10.0 Å². The van der Waals surface area contributed by atoms with Gasteiger partial charge in [0.15, 0.2) is 4.90 Å². The van der Waals surface area contributed by atoms with Gasteiger partial charge in [-0.15, -0.1) is 0 Å². The summed E-state index contributed by atoms with van der Waals surface area (Å²) in [7, 11) is -4.39. The molecule has 0 atom stereocenters. The molecular formula is C6H3ClN4O4S. The second kappa shape index (κ2) is 4.35. The average molecular weight is 263 g/mol. The Morgan fingerprint density at radius 2 is 2.12 bits per heavy atom. The number of halogens is 1. The quantitative estimate of drug-likeness (QED) is 0.272. The lowest BCUT2D eigenvalue weighted by Crippen LogP contribution is -2.01. The number of nitro benzene ring substituents is 1. The fraction of sp³-hybridized carbons (Fsp3) is 0. The van der Waals surface area contributed by atoms with Crippen LogP contribution in [0.2, 0.25) is 5.02 Å². The first-order valence-electron chi connectivity index (χ1n) is 3.64. The van der Waals surface area contributed by atoms with E-state index in [9.17, 15) is 18.5 Å². The maximum Gasteiger partial charge on any atom is 0.289 e. The summed E-state index contributed by atoms with van der Waals surface area (Å²) in [6.45, 7) is 0. The molecule has 0 saturated carbocycles. The summed E-state index contributed by atoms with van der Waals surface area (Å²) in [5, 5.41) is 10.6. The molecule has 0 aromatic heterocycles. The monoisotopic (exact) mass is 262 g/mol. The molecule has 0 aliphatic rings. The number of rotatable bonds is 3. The standard InChI is InChI=1S/C6H3ClN4O4S/c7-4-1-2-6(5(3-4)11(12)13)16(14,15)10-9-8/h1-3H. The normalized spacial score (nSPS) is 10.6. The first-order valence-corrected chi connectivity index (χ1v) is 5.45. The van der Waals surface area contributed by atoms with E-state index in [-0.39, 0.29) is 5.02 Å². The highest BCUT2D eigenvalue weighted by Gasteiger charge is 2.24. The van der Waals surface area contributed by atoms with Gasteiger partial charge in [0.25, 0.3) is 15.7 Å². The predicted octanol–water partition coefficient (Wildman–Crippen LogP) is 2.25. The van der Waals surface area contributed by atoms with E-state index in [2.05, 4.69) is 9.43 Å². The second-order valence-corrected chi connectivity index (χ2v) is 4.51. The molecule has 0 aliphatic carbocycles. The number of sulfonamides is 1. The number of nitrogens with zero attached hydrogens (tertiary/aromatic N) is 4. The Morgan fingerprint density at radius 1 is 1.50 bits per heavy atom. The maximum absolute atomic E-state index is 11.3. The van der Waals surface area contributed by atoms with Crippen molar-refractivity contribution < 1.29 is 13.3 Å². The zero-order valence-electron chi connectivity index (χ0n) is 7.44. The molecule has 8 nitrogen and oxygen atoms in total. The minimum absolute atomic E-state index is 0.00610. The Bertz CT molecular complexity index is 593. The van der Waals surface area contributed by atoms with Crippen molar-refractivity contribution >= 4 is 27.3 Å². The minimum atomic E-state index is -4.39. The zero-order chi connectivity index (χ0) is 12.3. The van der Waals surface area contributed by atoms with Gasteiger partial charge in [-0.1, -0.05) is 11.6 Å². The van der Waals surface area contributed by atoms with Crippen molar-refractivity contribution in [2.24, 2.45) is 4.52 Å². The van der Waals surface area contributed by atoms with Crippen LogP contribution in [0.1, 0.15) is 0 Å². The van der Waals surface area contributed by atoms with E-state index in [0.717, 1.165) is 18.2 Å². The van der Waals surface area contributed by atoms with Gasteiger partial charge < -0.3 is 0 Å². The number of benzene rings is 1. The third-order valence-corrected chi connectivity index (χ3v) is 2.96. The van der Waals surface area contributed by atoms with Gasteiger partial charge in [-0.25, -0.2) is 8.42 Å². The lowest BCUT2D eigenvalue weighted by atomic mass is 10.3. The molecule has 0 fully saturated rings. The lowest BCUT2D eigenvalue weighted by Gasteiger charge is -1.99. The summed E-state index contributed by atoms with van der Waals surface area (Å²) in [6.07, 6.45) is 0. The van der Waals surface area contributed by atoms with Gasteiger partial charge in [0.2, 0.25) is 0 Å². The van der Waals surface area contributed by atoms with Gasteiger partial charge in [0.05, 0.1) is 4.92 Å². The van der Waals surface area contributed by atoms with Crippen molar-refractivity contribution in [2.45, 2.75) is 4.90 Å². The summed E-state index contributed by atoms with van der Waals surface area (Å²) in [5.41, 5.74) is 7.29. The van der Waals surface area contributed by atoms with Crippen LogP contribution >= 0.6 is 11.6 Å². The molecular weight excluding hydrogens is 260 g/mol. The molecule has 0 heterocycles. The first kappa shape index (κ1) is 12.2. The van der Waals surface area contributed by atoms with Crippen molar-refractivity contribution in [3.05, 3.63) is 43.8 Å². The summed E-state index contributed by atoms with van der Waals surface area (Å²) in [6, 6.07) is 2.92. The van der Waals surface area contributed by atoms with Gasteiger partial charge >= 0.3 is 0 Å². The first-order chi connectivity index (χ1) is 7.38. The molecule has 0 bridgehead atoms. The molecule has 0 saturated heterocycles. The molecule has 16 heavy (non-hydrogen) atoms. The molecule has 0 unspecified atom stereocenters. The second-order valence-electron chi connectivity index (χ2n) is 2.52. The topological polar surface area (TPSA) is 126 Å². The van der Waals surface area contributed by atoms with Crippen molar-refractivity contribution in [2.75, 3.05) is 0 Å². The maximum atomic E-state index is 11.3. The summed E-state index contributed by atoms with van der Waals surface area (Å²) in [5.74, 6) is 0. The fourth-order valence-electron chi connectivity index (χ4n) is 0.943. The van der Waals surface area contributed by atoms with Crippen LogP contribution in [0.15, 0.2) is 27.6 Å². The smallest absolute Gasteiger partial charge is 0.258 e. The van der Waals surface area contributed by atoms with Crippen LogP contribution < -0.4 is 0 Å². The zero-order valence-corrected chi connectivity index (χ0v) is 9.01. The van der Waals surface area contributed by atoms with Gasteiger partial charge in [0, 0.05) is 20.5 Å². The fourth-order valence-corrected chi connectivity index (χ4v) is 1.93. The largest absolute Gasteiger partial charge is 0.289 e.